The van der Waals surface area contributed by atoms with Crippen LogP contribution in [0.4, 0.5) is 5.82 Å². The van der Waals surface area contributed by atoms with Gasteiger partial charge in [-0.15, -0.1) is 10.2 Å². The molecule has 3 heterocycles. The molecular weight excluding hydrogens is 384 g/mol. The number of fused-ring (bicyclic) bond motifs is 1. The zero-order valence-electron chi connectivity index (χ0n) is 18.5. The van der Waals surface area contributed by atoms with Crippen LogP contribution in [0.2, 0.25) is 0 Å². The topological polar surface area (TPSA) is 58.9 Å². The van der Waals surface area contributed by atoms with Crippen molar-refractivity contribution in [1.29, 1.82) is 0 Å². The molecule has 162 valence electrons. The lowest BCUT2D eigenvalue weighted by atomic mass is 9.90. The summed E-state index contributed by atoms with van der Waals surface area (Å²) in [6.45, 7) is 6.63. The number of hydrogen-bond donors (Lipinski definition) is 1. The van der Waals surface area contributed by atoms with Gasteiger partial charge in [0.25, 0.3) is 0 Å². The molecule has 3 unspecified atom stereocenters. The minimum atomic E-state index is 0.822. The molecule has 0 amide bonds. The molecule has 2 aromatic heterocycles. The van der Waals surface area contributed by atoms with Gasteiger partial charge in [0.05, 0.1) is 11.9 Å². The molecule has 1 saturated carbocycles. The van der Waals surface area contributed by atoms with Crippen molar-refractivity contribution in [2.75, 3.05) is 25.0 Å². The average Bonchev–Trinajstić information content (AvgIpc) is 3.45. The SMILES string of the molecule is Cc1cnn(C)c1-c1ccc(NCCC2CCC3CN(Cc4ccccc4)CC23)nn1. The number of hydrogen-bond acceptors (Lipinski definition) is 5. The summed E-state index contributed by atoms with van der Waals surface area (Å²) >= 11 is 0. The maximum absolute atomic E-state index is 4.42. The predicted octanol–water partition coefficient (Wildman–Crippen LogP) is 4.15. The molecule has 3 atom stereocenters. The molecule has 1 aromatic carbocycles. The van der Waals surface area contributed by atoms with Gasteiger partial charge in [-0.1, -0.05) is 30.3 Å². The third kappa shape index (κ3) is 4.35. The number of nitrogens with one attached hydrogen (secondary N) is 1. The molecular formula is C25H32N6. The van der Waals surface area contributed by atoms with Gasteiger partial charge in [0.1, 0.15) is 11.5 Å². The highest BCUT2D eigenvalue weighted by Crippen LogP contribution is 2.44. The van der Waals surface area contributed by atoms with Gasteiger partial charge < -0.3 is 5.32 Å². The first-order valence-corrected chi connectivity index (χ1v) is 11.5. The lowest BCUT2D eigenvalue weighted by Gasteiger charge is -2.21. The molecule has 2 fully saturated rings. The minimum Gasteiger partial charge on any atom is -0.369 e. The Morgan fingerprint density at radius 2 is 1.90 bits per heavy atom. The van der Waals surface area contributed by atoms with Crippen molar-refractivity contribution in [3.63, 3.8) is 0 Å². The van der Waals surface area contributed by atoms with Crippen LogP contribution < -0.4 is 5.32 Å². The van der Waals surface area contributed by atoms with Gasteiger partial charge in [0.2, 0.25) is 0 Å². The molecule has 0 radical (unpaired) electrons. The van der Waals surface area contributed by atoms with Gasteiger partial charge in [-0.2, -0.15) is 5.10 Å². The zero-order valence-corrected chi connectivity index (χ0v) is 18.5. The van der Waals surface area contributed by atoms with Crippen molar-refractivity contribution in [2.24, 2.45) is 24.8 Å². The van der Waals surface area contributed by atoms with Gasteiger partial charge >= 0.3 is 0 Å². The molecule has 3 aromatic rings. The molecule has 1 N–H and O–H groups in total. The fraction of sp³-hybridized carbons (Fsp3) is 0.480. The molecule has 0 spiro atoms. The second-order valence-electron chi connectivity index (χ2n) is 9.26. The normalized spacial score (nSPS) is 23.2. The smallest absolute Gasteiger partial charge is 0.148 e. The van der Waals surface area contributed by atoms with Crippen molar-refractivity contribution in [3.8, 4) is 11.4 Å². The van der Waals surface area contributed by atoms with Gasteiger partial charge in [0.15, 0.2) is 0 Å². The summed E-state index contributed by atoms with van der Waals surface area (Å²) in [6, 6.07) is 15.0. The van der Waals surface area contributed by atoms with Gasteiger partial charge in [-0.05, 0) is 67.2 Å². The van der Waals surface area contributed by atoms with Crippen LogP contribution in [0.25, 0.3) is 11.4 Å². The number of anilines is 1. The third-order valence-corrected chi connectivity index (χ3v) is 7.18. The lowest BCUT2D eigenvalue weighted by Crippen LogP contribution is -2.23. The first-order valence-electron chi connectivity index (χ1n) is 11.5. The Bertz CT molecular complexity index is 977. The largest absolute Gasteiger partial charge is 0.369 e. The molecule has 1 saturated heterocycles. The van der Waals surface area contributed by atoms with Crippen molar-refractivity contribution < 1.29 is 0 Å². The third-order valence-electron chi connectivity index (χ3n) is 7.18. The molecule has 1 aliphatic heterocycles. The summed E-state index contributed by atoms with van der Waals surface area (Å²) in [5.41, 5.74) is 4.44. The van der Waals surface area contributed by atoms with E-state index >= 15 is 0 Å². The number of benzene rings is 1. The monoisotopic (exact) mass is 416 g/mol. The molecule has 6 nitrogen and oxygen atoms in total. The Balaban J connectivity index is 1.12. The second-order valence-corrected chi connectivity index (χ2v) is 9.26. The van der Waals surface area contributed by atoms with Gasteiger partial charge in [0, 0.05) is 33.2 Å². The van der Waals surface area contributed by atoms with E-state index in [4.69, 9.17) is 0 Å². The van der Waals surface area contributed by atoms with E-state index in [0.29, 0.717) is 0 Å². The maximum Gasteiger partial charge on any atom is 0.148 e. The number of aryl methyl sites for hydroxylation is 2. The zero-order chi connectivity index (χ0) is 21.2. The number of aromatic nitrogens is 4. The first-order chi connectivity index (χ1) is 15.2. The Kier molecular flexibility index (Phi) is 5.72. The Hall–Kier alpha value is -2.73. The van der Waals surface area contributed by atoms with E-state index in [1.807, 2.05) is 30.1 Å². The summed E-state index contributed by atoms with van der Waals surface area (Å²) in [5.74, 6) is 3.42. The summed E-state index contributed by atoms with van der Waals surface area (Å²) in [6.07, 6.45) is 5.84. The predicted molar refractivity (Wildman–Crippen MR) is 124 cm³/mol. The number of likely N-dealkylation sites (tertiary alicyclic amines) is 1. The fourth-order valence-electron chi connectivity index (χ4n) is 5.65. The molecule has 5 rings (SSSR count). The van der Waals surface area contributed by atoms with Crippen molar-refractivity contribution in [3.05, 3.63) is 59.8 Å². The van der Waals surface area contributed by atoms with Gasteiger partial charge in [-0.25, -0.2) is 0 Å². The van der Waals surface area contributed by atoms with Crippen LogP contribution in [0.15, 0.2) is 48.7 Å². The summed E-state index contributed by atoms with van der Waals surface area (Å²) < 4.78 is 1.85. The Morgan fingerprint density at radius 3 is 2.65 bits per heavy atom. The average molecular weight is 417 g/mol. The minimum absolute atomic E-state index is 0.822. The van der Waals surface area contributed by atoms with Crippen molar-refractivity contribution >= 4 is 5.82 Å². The van der Waals surface area contributed by atoms with E-state index in [9.17, 15) is 0 Å². The quantitative estimate of drug-likeness (QED) is 0.627. The number of rotatable bonds is 7. The van der Waals surface area contributed by atoms with Crippen LogP contribution in [0.3, 0.4) is 0 Å². The molecule has 1 aliphatic carbocycles. The standard InChI is InChI=1S/C25H32N6/c1-18-14-27-30(2)25(18)23-10-11-24(29-28-23)26-13-12-20-8-9-21-16-31(17-22(20)21)15-19-6-4-3-5-7-19/h3-7,10-11,14,20-22H,8-9,12-13,15-17H2,1-2H3,(H,26,29). The highest BCUT2D eigenvalue weighted by Gasteiger charge is 2.41. The summed E-state index contributed by atoms with van der Waals surface area (Å²) in [4.78, 5) is 2.66. The summed E-state index contributed by atoms with van der Waals surface area (Å²) in [7, 11) is 1.94. The van der Waals surface area contributed by atoms with Gasteiger partial charge in [-0.3, -0.25) is 9.58 Å². The van der Waals surface area contributed by atoms with E-state index in [1.54, 1.807) is 0 Å². The maximum atomic E-state index is 4.42. The van der Waals surface area contributed by atoms with Crippen LogP contribution in [-0.2, 0) is 13.6 Å². The van der Waals surface area contributed by atoms with Crippen molar-refractivity contribution in [2.45, 2.75) is 32.7 Å². The summed E-state index contributed by atoms with van der Waals surface area (Å²) in [5, 5.41) is 16.6. The molecule has 0 bridgehead atoms. The Morgan fingerprint density at radius 1 is 1.03 bits per heavy atom. The highest BCUT2D eigenvalue weighted by molar-refractivity contribution is 5.59. The van der Waals surface area contributed by atoms with E-state index in [-0.39, 0.29) is 0 Å². The van der Waals surface area contributed by atoms with E-state index in [0.717, 1.165) is 53.6 Å². The lowest BCUT2D eigenvalue weighted by molar-refractivity contribution is 0.279. The number of nitrogens with zero attached hydrogens (tertiary/aromatic N) is 5. The van der Waals surface area contributed by atoms with Crippen LogP contribution in [0.1, 0.15) is 30.4 Å². The van der Waals surface area contributed by atoms with E-state index in [1.165, 1.54) is 37.9 Å². The second kappa shape index (κ2) is 8.79. The van der Waals surface area contributed by atoms with Crippen LogP contribution in [0.5, 0.6) is 0 Å². The molecule has 31 heavy (non-hydrogen) atoms. The first kappa shape index (κ1) is 20.2. The highest BCUT2D eigenvalue weighted by atomic mass is 15.3. The van der Waals surface area contributed by atoms with Crippen LogP contribution in [-0.4, -0.2) is 44.5 Å². The molecule has 2 aliphatic rings. The fourth-order valence-corrected chi connectivity index (χ4v) is 5.65. The van der Waals surface area contributed by atoms with E-state index in [2.05, 4.69) is 62.8 Å². The Labute approximate surface area is 184 Å². The molecule has 6 heteroatoms. The van der Waals surface area contributed by atoms with Crippen LogP contribution in [0, 0.1) is 24.7 Å². The van der Waals surface area contributed by atoms with E-state index < -0.39 is 0 Å². The van der Waals surface area contributed by atoms with Crippen LogP contribution >= 0.6 is 0 Å². The van der Waals surface area contributed by atoms with Crippen molar-refractivity contribution in [1.82, 2.24) is 24.9 Å².